The molecule has 0 radical (unpaired) electrons. The van der Waals surface area contributed by atoms with Gasteiger partial charge in [0, 0.05) is 38.3 Å². The SMILES string of the molecule is CNC(=O)c1ccc(CN(C)S(=O)(=O)c2cc3c(cc2F)NC(=O)CC3)cc1. The molecule has 2 amide bonds. The smallest absolute Gasteiger partial charge is 0.251 e. The first-order valence-electron chi connectivity index (χ1n) is 8.62. The van der Waals surface area contributed by atoms with E-state index < -0.39 is 20.7 Å². The van der Waals surface area contributed by atoms with E-state index in [1.165, 1.54) is 20.2 Å². The highest BCUT2D eigenvalue weighted by Gasteiger charge is 2.28. The van der Waals surface area contributed by atoms with E-state index in [0.717, 1.165) is 10.4 Å². The molecule has 148 valence electrons. The van der Waals surface area contributed by atoms with Crippen LogP contribution in [-0.4, -0.2) is 38.6 Å². The van der Waals surface area contributed by atoms with Crippen molar-refractivity contribution in [2.24, 2.45) is 0 Å². The molecule has 0 bridgehead atoms. The standard InChI is InChI=1S/C19H20FN3O4S/c1-21-19(25)13-5-3-12(4-6-13)11-23(2)28(26,27)17-9-14-7-8-18(24)22-16(14)10-15(17)20/h3-6,9-10H,7-8,11H2,1-2H3,(H,21,25)(H,22,24). The average Bonchev–Trinajstić information content (AvgIpc) is 2.67. The highest BCUT2D eigenvalue weighted by Crippen LogP contribution is 2.29. The van der Waals surface area contributed by atoms with Crippen molar-refractivity contribution >= 4 is 27.5 Å². The third kappa shape index (κ3) is 3.90. The van der Waals surface area contributed by atoms with Gasteiger partial charge in [-0.2, -0.15) is 4.31 Å². The largest absolute Gasteiger partial charge is 0.355 e. The number of benzene rings is 2. The number of nitrogens with zero attached hydrogens (tertiary/aromatic N) is 1. The minimum Gasteiger partial charge on any atom is -0.355 e. The van der Waals surface area contributed by atoms with Gasteiger partial charge in [-0.3, -0.25) is 9.59 Å². The summed E-state index contributed by atoms with van der Waals surface area (Å²) in [6.45, 7) is 0.0175. The third-order valence-corrected chi connectivity index (χ3v) is 6.41. The summed E-state index contributed by atoms with van der Waals surface area (Å²) in [6, 6.07) is 8.81. The molecule has 0 fully saturated rings. The lowest BCUT2D eigenvalue weighted by atomic mass is 10.0. The van der Waals surface area contributed by atoms with Gasteiger partial charge >= 0.3 is 0 Å². The minimum absolute atomic E-state index is 0.0175. The Labute approximate surface area is 162 Å². The van der Waals surface area contributed by atoms with E-state index in [-0.39, 0.29) is 24.8 Å². The zero-order chi connectivity index (χ0) is 20.5. The molecule has 2 N–H and O–H groups in total. The Hall–Kier alpha value is -2.78. The Bertz CT molecular complexity index is 1040. The van der Waals surface area contributed by atoms with Crippen LogP contribution in [-0.2, 0) is 27.8 Å². The third-order valence-electron chi connectivity index (χ3n) is 4.59. The lowest BCUT2D eigenvalue weighted by Gasteiger charge is -2.21. The quantitative estimate of drug-likeness (QED) is 0.794. The van der Waals surface area contributed by atoms with Crippen molar-refractivity contribution in [3.05, 3.63) is 58.9 Å². The van der Waals surface area contributed by atoms with Crippen molar-refractivity contribution in [2.75, 3.05) is 19.4 Å². The molecule has 2 aromatic carbocycles. The Balaban J connectivity index is 1.84. The fourth-order valence-electron chi connectivity index (χ4n) is 2.99. The Morgan fingerprint density at radius 1 is 1.21 bits per heavy atom. The van der Waals surface area contributed by atoms with Crippen LogP contribution in [0.5, 0.6) is 0 Å². The first-order chi connectivity index (χ1) is 13.2. The number of aryl methyl sites for hydroxylation is 1. The van der Waals surface area contributed by atoms with Gasteiger partial charge in [0.1, 0.15) is 10.7 Å². The van der Waals surface area contributed by atoms with Crippen LogP contribution in [0.3, 0.4) is 0 Å². The van der Waals surface area contributed by atoms with Gasteiger partial charge in [0.2, 0.25) is 15.9 Å². The molecule has 1 aliphatic rings. The second kappa shape index (κ2) is 7.69. The van der Waals surface area contributed by atoms with Crippen LogP contribution in [0.2, 0.25) is 0 Å². The number of carbonyl (C=O) groups excluding carboxylic acids is 2. The van der Waals surface area contributed by atoms with E-state index in [1.54, 1.807) is 24.3 Å². The Kier molecular flexibility index (Phi) is 5.48. The predicted octanol–water partition coefficient (Wildman–Crippen LogP) is 1.89. The van der Waals surface area contributed by atoms with Gasteiger partial charge in [0.05, 0.1) is 0 Å². The van der Waals surface area contributed by atoms with Crippen molar-refractivity contribution < 1.29 is 22.4 Å². The van der Waals surface area contributed by atoms with Gasteiger partial charge in [-0.25, -0.2) is 12.8 Å². The van der Waals surface area contributed by atoms with Crippen LogP contribution >= 0.6 is 0 Å². The van der Waals surface area contributed by atoms with Crippen LogP contribution in [0.4, 0.5) is 10.1 Å². The summed E-state index contributed by atoms with van der Waals surface area (Å²) >= 11 is 0. The zero-order valence-electron chi connectivity index (χ0n) is 15.5. The van der Waals surface area contributed by atoms with E-state index in [0.29, 0.717) is 28.8 Å². The highest BCUT2D eigenvalue weighted by molar-refractivity contribution is 7.89. The van der Waals surface area contributed by atoms with Gasteiger partial charge < -0.3 is 10.6 Å². The summed E-state index contributed by atoms with van der Waals surface area (Å²) in [5.74, 6) is -1.38. The molecule has 9 heteroatoms. The summed E-state index contributed by atoms with van der Waals surface area (Å²) in [5, 5.41) is 5.06. The number of rotatable bonds is 5. The number of nitrogens with one attached hydrogen (secondary N) is 2. The van der Waals surface area contributed by atoms with Crippen molar-refractivity contribution in [3.63, 3.8) is 0 Å². The van der Waals surface area contributed by atoms with Crippen molar-refractivity contribution in [1.29, 1.82) is 0 Å². The lowest BCUT2D eigenvalue weighted by Crippen LogP contribution is -2.28. The average molecular weight is 405 g/mol. The fraction of sp³-hybridized carbons (Fsp3) is 0.263. The maximum atomic E-state index is 14.5. The number of halogens is 1. The van der Waals surface area contributed by atoms with Crippen LogP contribution in [0.25, 0.3) is 0 Å². The molecule has 0 saturated heterocycles. The monoisotopic (exact) mass is 405 g/mol. The van der Waals surface area contributed by atoms with E-state index in [1.807, 2.05) is 0 Å². The molecule has 0 saturated carbocycles. The second-order valence-corrected chi connectivity index (χ2v) is 8.54. The molecule has 28 heavy (non-hydrogen) atoms. The normalized spacial score (nSPS) is 13.8. The topological polar surface area (TPSA) is 95.6 Å². The molecule has 3 rings (SSSR count). The second-order valence-electron chi connectivity index (χ2n) is 6.53. The molecule has 0 unspecified atom stereocenters. The Morgan fingerprint density at radius 3 is 2.54 bits per heavy atom. The van der Waals surface area contributed by atoms with Crippen LogP contribution in [0.1, 0.15) is 27.9 Å². The Morgan fingerprint density at radius 2 is 1.89 bits per heavy atom. The van der Waals surface area contributed by atoms with Crippen molar-refractivity contribution in [2.45, 2.75) is 24.3 Å². The zero-order valence-corrected chi connectivity index (χ0v) is 16.3. The summed E-state index contributed by atoms with van der Waals surface area (Å²) < 4.78 is 41.3. The number of sulfonamides is 1. The lowest BCUT2D eigenvalue weighted by molar-refractivity contribution is -0.116. The minimum atomic E-state index is -4.08. The fourth-order valence-corrected chi connectivity index (χ4v) is 4.24. The van der Waals surface area contributed by atoms with E-state index in [2.05, 4.69) is 10.6 Å². The molecule has 0 aromatic heterocycles. The molecular weight excluding hydrogens is 385 g/mol. The molecule has 7 nitrogen and oxygen atoms in total. The number of hydrogen-bond donors (Lipinski definition) is 2. The summed E-state index contributed by atoms with van der Waals surface area (Å²) in [4.78, 5) is 22.6. The molecule has 0 spiro atoms. The first-order valence-corrected chi connectivity index (χ1v) is 10.1. The molecule has 1 heterocycles. The van der Waals surface area contributed by atoms with Gasteiger partial charge in [-0.15, -0.1) is 0 Å². The van der Waals surface area contributed by atoms with Gasteiger partial charge in [0.25, 0.3) is 5.91 Å². The summed E-state index contributed by atoms with van der Waals surface area (Å²) in [6.07, 6.45) is 0.584. The molecular formula is C19H20FN3O4S. The molecule has 1 aliphatic heterocycles. The van der Waals surface area contributed by atoms with E-state index in [4.69, 9.17) is 0 Å². The number of anilines is 1. The number of fused-ring (bicyclic) bond motifs is 1. The van der Waals surface area contributed by atoms with Crippen LogP contribution < -0.4 is 10.6 Å². The predicted molar refractivity (Wildman–Crippen MR) is 102 cm³/mol. The number of carbonyl (C=O) groups is 2. The van der Waals surface area contributed by atoms with Crippen LogP contribution in [0.15, 0.2) is 41.3 Å². The maximum absolute atomic E-state index is 14.5. The van der Waals surface area contributed by atoms with E-state index in [9.17, 15) is 22.4 Å². The van der Waals surface area contributed by atoms with Crippen LogP contribution in [0, 0.1) is 5.82 Å². The molecule has 0 aliphatic carbocycles. The molecule has 2 aromatic rings. The number of hydrogen-bond acceptors (Lipinski definition) is 4. The van der Waals surface area contributed by atoms with Crippen molar-refractivity contribution in [3.8, 4) is 0 Å². The van der Waals surface area contributed by atoms with Gasteiger partial charge in [-0.1, -0.05) is 12.1 Å². The van der Waals surface area contributed by atoms with E-state index >= 15 is 0 Å². The van der Waals surface area contributed by atoms with Gasteiger partial charge in [-0.05, 0) is 41.8 Å². The first kappa shape index (κ1) is 20.0. The summed E-state index contributed by atoms with van der Waals surface area (Å²) in [7, 11) is -1.19. The van der Waals surface area contributed by atoms with Crippen molar-refractivity contribution in [1.82, 2.24) is 9.62 Å². The number of amides is 2. The van der Waals surface area contributed by atoms with Gasteiger partial charge in [0.15, 0.2) is 0 Å². The molecule has 0 atom stereocenters. The summed E-state index contributed by atoms with van der Waals surface area (Å²) in [5.41, 5.74) is 2.01. The highest BCUT2D eigenvalue weighted by atomic mass is 32.2. The maximum Gasteiger partial charge on any atom is 0.251 e.